The van der Waals surface area contributed by atoms with Crippen LogP contribution in [-0.4, -0.2) is 46.2 Å². The summed E-state index contributed by atoms with van der Waals surface area (Å²) in [6.07, 6.45) is 3.40. The maximum atomic E-state index is 13.5. The molecule has 1 N–H and O–H groups in total. The van der Waals surface area contributed by atoms with Crippen LogP contribution in [0.1, 0.15) is 51.5 Å². The summed E-state index contributed by atoms with van der Waals surface area (Å²) < 4.78 is 26.9. The molecule has 1 saturated carbocycles. The van der Waals surface area contributed by atoms with Crippen LogP contribution in [0.5, 0.6) is 0 Å². The van der Waals surface area contributed by atoms with E-state index in [0.29, 0.717) is 42.1 Å². The molecule has 2 fully saturated rings. The molecule has 3 aliphatic rings. The SMILES string of the molecule is CC(C)(C(=O)N1CCCC1)c1ccc2c(c1)NC(=O)C1CCC(=Nc3cc(F)nc(F)c3)CC1=N2. The Kier molecular flexibility index (Phi) is 5.94. The molecule has 1 aliphatic carbocycles. The van der Waals surface area contributed by atoms with E-state index in [1.165, 1.54) is 0 Å². The van der Waals surface area contributed by atoms with E-state index < -0.39 is 23.2 Å². The van der Waals surface area contributed by atoms with Gasteiger partial charge in [0.05, 0.1) is 28.4 Å². The maximum Gasteiger partial charge on any atom is 0.233 e. The molecular weight excluding hydrogens is 452 g/mol. The summed E-state index contributed by atoms with van der Waals surface area (Å²) in [6, 6.07) is 7.72. The number of fused-ring (bicyclic) bond motifs is 2. The van der Waals surface area contributed by atoms with Crippen molar-refractivity contribution < 1.29 is 18.4 Å². The predicted octanol–water partition coefficient (Wildman–Crippen LogP) is 4.86. The van der Waals surface area contributed by atoms with Gasteiger partial charge < -0.3 is 10.2 Å². The van der Waals surface area contributed by atoms with Crippen LogP contribution < -0.4 is 5.32 Å². The third-order valence-corrected chi connectivity index (χ3v) is 7.03. The van der Waals surface area contributed by atoms with Gasteiger partial charge in [-0.3, -0.25) is 19.6 Å². The van der Waals surface area contributed by atoms with E-state index in [2.05, 4.69) is 15.3 Å². The molecule has 1 saturated heterocycles. The van der Waals surface area contributed by atoms with Crippen LogP contribution in [-0.2, 0) is 15.0 Å². The van der Waals surface area contributed by atoms with E-state index in [1.807, 2.05) is 36.9 Å². The number of nitrogens with zero attached hydrogens (tertiary/aromatic N) is 4. The Morgan fingerprint density at radius 2 is 1.86 bits per heavy atom. The summed E-state index contributed by atoms with van der Waals surface area (Å²) in [7, 11) is 0. The van der Waals surface area contributed by atoms with Crippen LogP contribution >= 0.6 is 0 Å². The summed E-state index contributed by atoms with van der Waals surface area (Å²) in [5.74, 6) is -2.33. The highest BCUT2D eigenvalue weighted by molar-refractivity contribution is 6.20. The fourth-order valence-corrected chi connectivity index (χ4v) is 5.03. The predicted molar refractivity (Wildman–Crippen MR) is 130 cm³/mol. The van der Waals surface area contributed by atoms with Crippen LogP contribution in [0.3, 0.4) is 0 Å². The normalized spacial score (nSPS) is 21.2. The Balaban J connectivity index is 1.43. The molecule has 0 radical (unpaired) electrons. The van der Waals surface area contributed by atoms with Gasteiger partial charge in [0.1, 0.15) is 0 Å². The van der Waals surface area contributed by atoms with Gasteiger partial charge in [-0.15, -0.1) is 0 Å². The molecule has 3 heterocycles. The Morgan fingerprint density at radius 1 is 1.14 bits per heavy atom. The minimum Gasteiger partial charge on any atom is -0.342 e. The first-order valence-electron chi connectivity index (χ1n) is 11.9. The van der Waals surface area contributed by atoms with Crippen LogP contribution in [0.4, 0.5) is 25.8 Å². The van der Waals surface area contributed by atoms with Crippen LogP contribution in [0.25, 0.3) is 0 Å². The zero-order valence-corrected chi connectivity index (χ0v) is 19.8. The molecule has 9 heteroatoms. The number of benzene rings is 1. The molecule has 1 atom stereocenters. The summed E-state index contributed by atoms with van der Waals surface area (Å²) in [5, 5.41) is 3.00. The summed E-state index contributed by atoms with van der Waals surface area (Å²) in [5.41, 5.74) is 2.81. The first-order chi connectivity index (χ1) is 16.7. The van der Waals surface area contributed by atoms with Crippen molar-refractivity contribution in [1.82, 2.24) is 9.88 Å². The Labute approximate surface area is 202 Å². The zero-order chi connectivity index (χ0) is 24.7. The fraction of sp³-hybridized carbons (Fsp3) is 0.423. The molecule has 2 aromatic rings. The van der Waals surface area contributed by atoms with Gasteiger partial charge in [0.2, 0.25) is 23.7 Å². The van der Waals surface area contributed by atoms with Crippen molar-refractivity contribution in [1.29, 1.82) is 0 Å². The lowest BCUT2D eigenvalue weighted by Crippen LogP contribution is -2.42. The molecule has 0 bridgehead atoms. The molecule has 182 valence electrons. The van der Waals surface area contributed by atoms with Gasteiger partial charge >= 0.3 is 0 Å². The molecule has 1 aromatic carbocycles. The molecule has 1 aromatic heterocycles. The van der Waals surface area contributed by atoms with Gasteiger partial charge in [-0.25, -0.2) is 0 Å². The summed E-state index contributed by atoms with van der Waals surface area (Å²) >= 11 is 0. The number of nitrogens with one attached hydrogen (secondary N) is 1. The Hall–Kier alpha value is -3.49. The van der Waals surface area contributed by atoms with Crippen molar-refractivity contribution >= 4 is 40.3 Å². The van der Waals surface area contributed by atoms with Gasteiger partial charge in [-0.1, -0.05) is 6.07 Å². The standard InChI is InChI=1S/C26H27F2N5O2/c1-26(2,25(35)33-9-3-4-10-33)15-5-8-19-21(11-15)31-24(34)18-7-6-16(12-20(18)30-19)29-17-13-22(27)32-23(28)14-17/h5,8,11,13-14,18H,3-4,6-7,9-10,12H2,1-2H3,(H,31,34). The number of pyridine rings is 1. The number of likely N-dealkylation sites (tertiary alicyclic amines) is 1. The average Bonchev–Trinajstić information content (AvgIpc) is 3.29. The lowest BCUT2D eigenvalue weighted by Gasteiger charge is -2.30. The van der Waals surface area contributed by atoms with Gasteiger partial charge in [0.25, 0.3) is 0 Å². The highest BCUT2D eigenvalue weighted by Gasteiger charge is 2.37. The van der Waals surface area contributed by atoms with E-state index in [9.17, 15) is 18.4 Å². The Bertz CT molecular complexity index is 1240. The number of aliphatic imine (C=N–C) groups is 2. The first-order valence-corrected chi connectivity index (χ1v) is 11.9. The molecule has 1 unspecified atom stereocenters. The van der Waals surface area contributed by atoms with Crippen molar-refractivity contribution in [2.75, 3.05) is 18.4 Å². The minimum absolute atomic E-state index is 0.0831. The number of hydrogen-bond donors (Lipinski definition) is 1. The summed E-state index contributed by atoms with van der Waals surface area (Å²) in [6.45, 7) is 5.38. The number of carbonyl (C=O) groups excluding carboxylic acids is 2. The second-order valence-corrected chi connectivity index (χ2v) is 9.87. The van der Waals surface area contributed by atoms with Crippen molar-refractivity contribution in [3.8, 4) is 0 Å². The number of anilines is 1. The van der Waals surface area contributed by atoms with E-state index in [1.54, 1.807) is 0 Å². The third kappa shape index (κ3) is 4.59. The van der Waals surface area contributed by atoms with Crippen LogP contribution in [0.15, 0.2) is 40.3 Å². The highest BCUT2D eigenvalue weighted by atomic mass is 19.1. The zero-order valence-electron chi connectivity index (χ0n) is 19.8. The van der Waals surface area contributed by atoms with Crippen molar-refractivity contribution in [2.45, 2.75) is 51.4 Å². The number of hydrogen-bond acceptors (Lipinski definition) is 5. The minimum atomic E-state index is -0.930. The van der Waals surface area contributed by atoms with E-state index in [-0.39, 0.29) is 17.5 Å². The van der Waals surface area contributed by atoms with E-state index in [4.69, 9.17) is 4.99 Å². The molecule has 2 amide bonds. The van der Waals surface area contributed by atoms with Crippen molar-refractivity contribution in [3.63, 3.8) is 0 Å². The molecule has 7 nitrogen and oxygen atoms in total. The largest absolute Gasteiger partial charge is 0.342 e. The molecular formula is C26H27F2N5O2. The molecule has 0 spiro atoms. The monoisotopic (exact) mass is 479 g/mol. The number of halogens is 2. The smallest absolute Gasteiger partial charge is 0.233 e. The Morgan fingerprint density at radius 3 is 2.57 bits per heavy atom. The maximum absolute atomic E-state index is 13.5. The van der Waals surface area contributed by atoms with Gasteiger partial charge in [-0.2, -0.15) is 13.8 Å². The number of aromatic nitrogens is 1. The lowest BCUT2D eigenvalue weighted by molar-refractivity contribution is -0.135. The molecule has 5 rings (SSSR count). The van der Waals surface area contributed by atoms with Crippen molar-refractivity contribution in [2.24, 2.45) is 15.9 Å². The van der Waals surface area contributed by atoms with E-state index >= 15 is 0 Å². The van der Waals surface area contributed by atoms with Gasteiger partial charge in [-0.05, 0) is 57.2 Å². The van der Waals surface area contributed by atoms with Crippen LogP contribution in [0, 0.1) is 17.8 Å². The quantitative estimate of drug-likeness (QED) is 0.638. The number of carbonyl (C=O) groups is 2. The lowest BCUT2D eigenvalue weighted by atomic mass is 9.82. The number of rotatable bonds is 3. The fourth-order valence-electron chi connectivity index (χ4n) is 5.03. The molecule has 35 heavy (non-hydrogen) atoms. The number of amides is 2. The topological polar surface area (TPSA) is 87.0 Å². The third-order valence-electron chi connectivity index (χ3n) is 7.03. The second-order valence-electron chi connectivity index (χ2n) is 9.87. The highest BCUT2D eigenvalue weighted by Crippen LogP contribution is 2.38. The summed E-state index contributed by atoms with van der Waals surface area (Å²) in [4.78, 5) is 40.4. The average molecular weight is 480 g/mol. The van der Waals surface area contributed by atoms with Crippen LogP contribution in [0.2, 0.25) is 0 Å². The second kappa shape index (κ2) is 8.94. The van der Waals surface area contributed by atoms with Crippen molar-refractivity contribution in [3.05, 3.63) is 47.8 Å². The van der Waals surface area contributed by atoms with E-state index in [0.717, 1.165) is 43.6 Å². The molecule has 2 aliphatic heterocycles. The van der Waals surface area contributed by atoms with Gasteiger partial charge in [0, 0.05) is 43.1 Å². The van der Waals surface area contributed by atoms with Gasteiger partial charge in [0.15, 0.2) is 0 Å². The first kappa shape index (κ1) is 23.3.